The molecule has 0 spiro atoms. The second-order valence-corrected chi connectivity index (χ2v) is 4.80. The zero-order chi connectivity index (χ0) is 12.3. The van der Waals surface area contributed by atoms with Crippen LogP contribution in [0, 0.1) is 0 Å². The van der Waals surface area contributed by atoms with Gasteiger partial charge in [0.15, 0.2) is 0 Å². The van der Waals surface area contributed by atoms with Gasteiger partial charge in [0, 0.05) is 46.2 Å². The molecule has 0 amide bonds. The Morgan fingerprint density at radius 2 is 1.94 bits per heavy atom. The number of piperazine rings is 1. The number of hydrogen-bond acceptors (Lipinski definition) is 4. The van der Waals surface area contributed by atoms with Crippen LogP contribution in [-0.4, -0.2) is 64.5 Å². The van der Waals surface area contributed by atoms with E-state index in [4.69, 9.17) is 5.11 Å². The lowest BCUT2D eigenvalue weighted by atomic mass is 10.2. The van der Waals surface area contributed by atoms with Gasteiger partial charge in [0.1, 0.15) is 0 Å². The monoisotopic (exact) mass is 238 g/mol. The molecule has 1 aromatic heterocycles. The Morgan fingerprint density at radius 3 is 2.53 bits per heavy atom. The number of rotatable bonds is 4. The highest BCUT2D eigenvalue weighted by molar-refractivity contribution is 5.09. The summed E-state index contributed by atoms with van der Waals surface area (Å²) in [7, 11) is 4.05. The molecule has 1 fully saturated rings. The maximum absolute atomic E-state index is 9.10. The Balaban J connectivity index is 1.81. The van der Waals surface area contributed by atoms with Crippen LogP contribution in [0.25, 0.3) is 0 Å². The molecule has 0 unspecified atom stereocenters. The van der Waals surface area contributed by atoms with Gasteiger partial charge in [-0.05, 0) is 13.1 Å². The van der Waals surface area contributed by atoms with Gasteiger partial charge >= 0.3 is 0 Å². The highest BCUT2D eigenvalue weighted by atomic mass is 16.3. The fourth-order valence-corrected chi connectivity index (χ4v) is 2.19. The number of aliphatic hydroxyl groups is 1. The summed E-state index contributed by atoms with van der Waals surface area (Å²) >= 11 is 0. The van der Waals surface area contributed by atoms with Crippen LogP contribution in [0.5, 0.6) is 0 Å². The third-order valence-electron chi connectivity index (χ3n) is 3.47. The zero-order valence-corrected chi connectivity index (χ0v) is 10.8. The largest absolute Gasteiger partial charge is 0.390 e. The normalized spacial score (nSPS) is 18.8. The van der Waals surface area contributed by atoms with Crippen molar-refractivity contribution in [2.75, 3.05) is 39.8 Å². The fourth-order valence-electron chi connectivity index (χ4n) is 2.19. The number of aliphatic hydroxyl groups excluding tert-OH is 1. The molecular weight excluding hydrogens is 216 g/mol. The number of likely N-dealkylation sites (N-methyl/N-ethyl adjacent to an activating group) is 1. The second kappa shape index (κ2) is 5.62. The summed E-state index contributed by atoms with van der Waals surface area (Å²) < 4.78 is 1.76. The van der Waals surface area contributed by atoms with Gasteiger partial charge in [0.2, 0.25) is 0 Å². The molecule has 1 aliphatic heterocycles. The molecule has 17 heavy (non-hydrogen) atoms. The van der Waals surface area contributed by atoms with E-state index in [1.807, 2.05) is 13.1 Å². The SMILES string of the molecule is CN1CCN(CCc2cc(CO)n(C)n2)CC1. The molecule has 0 radical (unpaired) electrons. The molecule has 0 aliphatic carbocycles. The summed E-state index contributed by atoms with van der Waals surface area (Å²) in [5.74, 6) is 0. The van der Waals surface area contributed by atoms with Crippen LogP contribution in [0.1, 0.15) is 11.4 Å². The van der Waals surface area contributed by atoms with Crippen LogP contribution < -0.4 is 0 Å². The van der Waals surface area contributed by atoms with Gasteiger partial charge in [-0.3, -0.25) is 4.68 Å². The first-order valence-electron chi connectivity index (χ1n) is 6.22. The lowest BCUT2D eigenvalue weighted by Crippen LogP contribution is -2.45. The molecule has 2 rings (SSSR count). The van der Waals surface area contributed by atoms with Crippen LogP contribution in [0.15, 0.2) is 6.07 Å². The highest BCUT2D eigenvalue weighted by Gasteiger charge is 2.14. The van der Waals surface area contributed by atoms with Crippen molar-refractivity contribution in [3.63, 3.8) is 0 Å². The first-order chi connectivity index (χ1) is 8.19. The quantitative estimate of drug-likeness (QED) is 0.782. The molecule has 5 heteroatoms. The maximum Gasteiger partial charge on any atom is 0.0849 e. The molecule has 2 heterocycles. The van der Waals surface area contributed by atoms with Gasteiger partial charge in [-0.2, -0.15) is 5.10 Å². The van der Waals surface area contributed by atoms with E-state index in [1.165, 1.54) is 0 Å². The molecule has 0 atom stereocenters. The van der Waals surface area contributed by atoms with Gasteiger partial charge in [-0.25, -0.2) is 0 Å². The minimum atomic E-state index is 0.0675. The van der Waals surface area contributed by atoms with E-state index in [0.29, 0.717) is 0 Å². The van der Waals surface area contributed by atoms with Crippen molar-refractivity contribution in [3.8, 4) is 0 Å². The van der Waals surface area contributed by atoms with Gasteiger partial charge in [0.25, 0.3) is 0 Å². The van der Waals surface area contributed by atoms with Gasteiger partial charge in [-0.15, -0.1) is 0 Å². The molecule has 1 aliphatic rings. The average Bonchev–Trinajstić information content (AvgIpc) is 2.69. The molecular formula is C12H22N4O. The maximum atomic E-state index is 9.10. The van der Waals surface area contributed by atoms with Crippen LogP contribution in [0.2, 0.25) is 0 Å². The second-order valence-electron chi connectivity index (χ2n) is 4.80. The predicted molar refractivity (Wildman–Crippen MR) is 66.8 cm³/mol. The zero-order valence-electron chi connectivity index (χ0n) is 10.8. The first kappa shape index (κ1) is 12.5. The van der Waals surface area contributed by atoms with Crippen molar-refractivity contribution in [3.05, 3.63) is 17.5 Å². The van der Waals surface area contributed by atoms with Crippen LogP contribution >= 0.6 is 0 Å². The van der Waals surface area contributed by atoms with Crippen LogP contribution in [-0.2, 0) is 20.1 Å². The average molecular weight is 238 g/mol. The summed E-state index contributed by atoms with van der Waals surface area (Å²) in [5, 5.41) is 13.5. The lowest BCUT2D eigenvalue weighted by Gasteiger charge is -2.32. The molecule has 0 bridgehead atoms. The van der Waals surface area contributed by atoms with E-state index in [2.05, 4.69) is 21.9 Å². The third-order valence-corrected chi connectivity index (χ3v) is 3.47. The fraction of sp³-hybridized carbons (Fsp3) is 0.750. The molecule has 5 nitrogen and oxygen atoms in total. The van der Waals surface area contributed by atoms with Crippen molar-refractivity contribution in [2.24, 2.45) is 7.05 Å². The van der Waals surface area contributed by atoms with Crippen molar-refractivity contribution in [1.82, 2.24) is 19.6 Å². The molecule has 1 saturated heterocycles. The van der Waals surface area contributed by atoms with E-state index in [1.54, 1.807) is 4.68 Å². The summed E-state index contributed by atoms with van der Waals surface area (Å²) in [4.78, 5) is 4.84. The number of hydrogen-bond donors (Lipinski definition) is 1. The van der Waals surface area contributed by atoms with Gasteiger partial charge < -0.3 is 14.9 Å². The van der Waals surface area contributed by atoms with Crippen molar-refractivity contribution < 1.29 is 5.11 Å². The Labute approximate surface area is 103 Å². The Hall–Kier alpha value is -0.910. The Bertz CT molecular complexity index is 355. The Morgan fingerprint density at radius 1 is 1.24 bits per heavy atom. The van der Waals surface area contributed by atoms with Crippen molar-refractivity contribution in [2.45, 2.75) is 13.0 Å². The van der Waals surface area contributed by atoms with E-state index >= 15 is 0 Å². The van der Waals surface area contributed by atoms with Gasteiger partial charge in [0.05, 0.1) is 18.0 Å². The van der Waals surface area contributed by atoms with Crippen molar-refractivity contribution in [1.29, 1.82) is 0 Å². The molecule has 0 aromatic carbocycles. The Kier molecular flexibility index (Phi) is 4.15. The number of aromatic nitrogens is 2. The highest BCUT2D eigenvalue weighted by Crippen LogP contribution is 2.06. The number of aryl methyl sites for hydroxylation is 1. The summed E-state index contributed by atoms with van der Waals surface area (Å²) in [6.07, 6.45) is 0.970. The predicted octanol–water partition coefficient (Wildman–Crippen LogP) is -0.298. The molecule has 0 saturated carbocycles. The molecule has 1 aromatic rings. The van der Waals surface area contributed by atoms with Crippen molar-refractivity contribution >= 4 is 0 Å². The first-order valence-corrected chi connectivity index (χ1v) is 6.22. The van der Waals surface area contributed by atoms with E-state index in [0.717, 1.165) is 50.5 Å². The minimum absolute atomic E-state index is 0.0675. The third kappa shape index (κ3) is 3.28. The summed E-state index contributed by atoms with van der Waals surface area (Å²) in [6.45, 7) is 5.74. The summed E-state index contributed by atoms with van der Waals surface area (Å²) in [6, 6.07) is 2.00. The number of nitrogens with zero attached hydrogens (tertiary/aromatic N) is 4. The standard InChI is InChI=1S/C12H22N4O/c1-14-5-7-16(8-6-14)4-3-11-9-12(10-17)15(2)13-11/h9,17H,3-8,10H2,1-2H3. The van der Waals surface area contributed by atoms with E-state index in [9.17, 15) is 0 Å². The topological polar surface area (TPSA) is 44.5 Å². The van der Waals surface area contributed by atoms with E-state index < -0.39 is 0 Å². The van der Waals surface area contributed by atoms with E-state index in [-0.39, 0.29) is 6.61 Å². The van der Waals surface area contributed by atoms with Crippen LogP contribution in [0.3, 0.4) is 0 Å². The van der Waals surface area contributed by atoms with Crippen LogP contribution in [0.4, 0.5) is 0 Å². The summed E-state index contributed by atoms with van der Waals surface area (Å²) in [5.41, 5.74) is 1.97. The lowest BCUT2D eigenvalue weighted by molar-refractivity contribution is 0.155. The van der Waals surface area contributed by atoms with Gasteiger partial charge in [-0.1, -0.05) is 0 Å². The molecule has 1 N–H and O–H groups in total. The smallest absolute Gasteiger partial charge is 0.0849 e. The minimum Gasteiger partial charge on any atom is -0.390 e. The molecule has 96 valence electrons.